The van der Waals surface area contributed by atoms with Gasteiger partial charge in [-0.2, -0.15) is 5.26 Å². The van der Waals surface area contributed by atoms with Crippen LogP contribution in [0.5, 0.6) is 0 Å². The molecule has 0 radical (unpaired) electrons. The highest BCUT2D eigenvalue weighted by molar-refractivity contribution is 6.23. The van der Waals surface area contributed by atoms with Crippen LogP contribution < -0.4 is 5.32 Å². The molecule has 0 unspecified atom stereocenters. The molecule has 0 fully saturated rings. The summed E-state index contributed by atoms with van der Waals surface area (Å²) in [5, 5.41) is 22.7. The number of furan rings is 1. The monoisotopic (exact) mass is 426 g/mol. The van der Waals surface area contributed by atoms with Crippen LogP contribution in [-0.4, -0.2) is 47.2 Å². The fourth-order valence-electron chi connectivity index (χ4n) is 3.16. The van der Waals surface area contributed by atoms with Gasteiger partial charge in [-0.05, 0) is 13.0 Å². The van der Waals surface area contributed by atoms with Crippen LogP contribution >= 0.6 is 0 Å². The Morgan fingerprint density at radius 3 is 2.65 bits per heavy atom. The summed E-state index contributed by atoms with van der Waals surface area (Å²) in [4.78, 5) is 60.2. The number of hydrogen-bond donors (Lipinski definition) is 1. The molecular formula is C19H14N4O8. The minimum atomic E-state index is -0.875. The van der Waals surface area contributed by atoms with Gasteiger partial charge in [-0.1, -0.05) is 6.07 Å². The Balaban J connectivity index is 1.74. The second-order valence-corrected chi connectivity index (χ2v) is 6.36. The number of nitrogens with one attached hydrogen (secondary N) is 1. The molecule has 0 spiro atoms. The molecule has 31 heavy (non-hydrogen) atoms. The number of nitro benzene ring substituents is 1. The second-order valence-electron chi connectivity index (χ2n) is 6.36. The van der Waals surface area contributed by atoms with Gasteiger partial charge in [0.25, 0.3) is 17.5 Å². The number of hydrogen-bond acceptors (Lipinski definition) is 9. The SMILES string of the molecule is COC(=O)c1c(C)oc(NC(=O)CCN2C(=O)c3cccc([N+](=O)[O-])c3C2=O)c1C#N. The largest absolute Gasteiger partial charge is 0.465 e. The molecule has 0 saturated heterocycles. The van der Waals surface area contributed by atoms with Gasteiger partial charge in [0.15, 0.2) is 0 Å². The standard InChI is InChI=1S/C19H14N4O8/c1-9-14(19(27)30-2)11(8-20)16(31-9)21-13(24)6-7-22-17(25)10-4-3-5-12(23(28)29)15(10)18(22)26/h3-5H,6-7H2,1-2H3,(H,21,24). The predicted molar refractivity (Wildman–Crippen MR) is 101 cm³/mol. The highest BCUT2D eigenvalue weighted by atomic mass is 16.6. The molecular weight excluding hydrogens is 412 g/mol. The Morgan fingerprint density at radius 1 is 1.32 bits per heavy atom. The van der Waals surface area contributed by atoms with Crippen molar-refractivity contribution >= 4 is 35.3 Å². The number of nitriles is 1. The van der Waals surface area contributed by atoms with Gasteiger partial charge in [-0.3, -0.25) is 34.7 Å². The number of nitro groups is 1. The molecule has 3 amide bonds. The van der Waals surface area contributed by atoms with Crippen LogP contribution in [0.4, 0.5) is 11.6 Å². The number of esters is 1. The van der Waals surface area contributed by atoms with Crippen LogP contribution in [0.2, 0.25) is 0 Å². The van der Waals surface area contributed by atoms with Crippen LogP contribution in [0.25, 0.3) is 0 Å². The van der Waals surface area contributed by atoms with E-state index in [2.05, 4.69) is 10.1 Å². The van der Waals surface area contributed by atoms with Crippen molar-refractivity contribution in [3.8, 4) is 6.07 Å². The van der Waals surface area contributed by atoms with Crippen LogP contribution in [-0.2, 0) is 9.53 Å². The molecule has 12 nitrogen and oxygen atoms in total. The molecule has 158 valence electrons. The quantitative estimate of drug-likeness (QED) is 0.312. The summed E-state index contributed by atoms with van der Waals surface area (Å²) >= 11 is 0. The number of anilines is 1. The number of fused-ring (bicyclic) bond motifs is 1. The van der Waals surface area contributed by atoms with Crippen molar-refractivity contribution in [1.82, 2.24) is 4.90 Å². The first-order valence-corrected chi connectivity index (χ1v) is 8.76. The lowest BCUT2D eigenvalue weighted by molar-refractivity contribution is -0.385. The smallest absolute Gasteiger partial charge is 0.342 e. The third-order valence-electron chi connectivity index (χ3n) is 4.57. The van der Waals surface area contributed by atoms with E-state index < -0.39 is 34.3 Å². The Labute approximate surface area is 174 Å². The van der Waals surface area contributed by atoms with E-state index in [1.807, 2.05) is 0 Å². The molecule has 2 heterocycles. The van der Waals surface area contributed by atoms with Crippen molar-refractivity contribution in [2.75, 3.05) is 19.0 Å². The Hall–Kier alpha value is -4.53. The predicted octanol–water partition coefficient (Wildman–Crippen LogP) is 1.78. The van der Waals surface area contributed by atoms with Gasteiger partial charge in [0.05, 0.1) is 17.6 Å². The normalized spacial score (nSPS) is 12.4. The van der Waals surface area contributed by atoms with Crippen molar-refractivity contribution in [2.45, 2.75) is 13.3 Å². The van der Waals surface area contributed by atoms with Gasteiger partial charge in [-0.15, -0.1) is 0 Å². The maximum absolute atomic E-state index is 12.5. The first-order valence-electron chi connectivity index (χ1n) is 8.76. The van der Waals surface area contributed by atoms with Crippen molar-refractivity contribution in [3.05, 3.63) is 56.3 Å². The number of methoxy groups -OCH3 is 1. The number of carbonyl (C=O) groups is 4. The lowest BCUT2D eigenvalue weighted by Crippen LogP contribution is -2.33. The minimum Gasteiger partial charge on any atom is -0.465 e. The van der Waals surface area contributed by atoms with Gasteiger partial charge in [-0.25, -0.2) is 4.79 Å². The van der Waals surface area contributed by atoms with E-state index in [1.165, 1.54) is 19.1 Å². The second kappa shape index (κ2) is 8.07. The number of ether oxygens (including phenoxy) is 1. The fourth-order valence-corrected chi connectivity index (χ4v) is 3.16. The van der Waals surface area contributed by atoms with Gasteiger partial charge in [0.2, 0.25) is 11.8 Å². The lowest BCUT2D eigenvalue weighted by atomic mass is 10.1. The Kier molecular flexibility index (Phi) is 5.52. The fraction of sp³-hybridized carbons (Fsp3) is 0.211. The van der Waals surface area contributed by atoms with Gasteiger partial charge >= 0.3 is 5.97 Å². The zero-order valence-electron chi connectivity index (χ0n) is 16.3. The van der Waals surface area contributed by atoms with E-state index in [0.29, 0.717) is 0 Å². The van der Waals surface area contributed by atoms with Crippen molar-refractivity contribution < 1.29 is 33.3 Å². The molecule has 1 aliphatic rings. The molecule has 3 rings (SSSR count). The number of aryl methyl sites for hydroxylation is 1. The number of rotatable bonds is 6. The maximum Gasteiger partial charge on any atom is 0.342 e. The van der Waals surface area contributed by atoms with Crippen LogP contribution in [0.1, 0.15) is 48.8 Å². The zero-order chi connectivity index (χ0) is 22.9. The summed E-state index contributed by atoms with van der Waals surface area (Å²) in [7, 11) is 1.13. The first kappa shape index (κ1) is 21.2. The maximum atomic E-state index is 12.5. The van der Waals surface area contributed by atoms with Gasteiger partial charge in [0.1, 0.15) is 28.5 Å². The van der Waals surface area contributed by atoms with Gasteiger partial charge < -0.3 is 9.15 Å². The average molecular weight is 426 g/mol. The van der Waals surface area contributed by atoms with E-state index in [0.717, 1.165) is 18.1 Å². The number of amides is 3. The number of benzene rings is 1. The number of carbonyl (C=O) groups excluding carboxylic acids is 4. The minimum absolute atomic E-state index is 0.0614. The molecule has 1 aliphatic heterocycles. The summed E-state index contributed by atoms with van der Waals surface area (Å²) < 4.78 is 9.84. The van der Waals surface area contributed by atoms with Crippen LogP contribution in [0.3, 0.4) is 0 Å². The van der Waals surface area contributed by atoms with Crippen molar-refractivity contribution in [1.29, 1.82) is 5.26 Å². The lowest BCUT2D eigenvalue weighted by Gasteiger charge is -2.13. The van der Waals surface area contributed by atoms with Crippen LogP contribution in [0, 0.1) is 28.4 Å². The summed E-state index contributed by atoms with van der Waals surface area (Å²) in [6.45, 7) is 1.05. The third-order valence-corrected chi connectivity index (χ3v) is 4.57. The number of imide groups is 1. The number of nitrogens with zero attached hydrogens (tertiary/aromatic N) is 3. The molecule has 1 aromatic carbocycles. The summed E-state index contributed by atoms with van der Waals surface area (Å²) in [5.74, 6) is -3.37. The van der Waals surface area contributed by atoms with Crippen molar-refractivity contribution in [2.24, 2.45) is 0 Å². The molecule has 0 bridgehead atoms. The topological polar surface area (TPSA) is 173 Å². The van der Waals surface area contributed by atoms with E-state index in [1.54, 1.807) is 6.07 Å². The Morgan fingerprint density at radius 2 is 2.03 bits per heavy atom. The summed E-state index contributed by atoms with van der Waals surface area (Å²) in [6, 6.07) is 5.45. The van der Waals surface area contributed by atoms with Crippen LogP contribution in [0.15, 0.2) is 22.6 Å². The summed E-state index contributed by atoms with van der Waals surface area (Å²) in [5.41, 5.74) is -1.30. The Bertz CT molecular complexity index is 1190. The molecule has 0 saturated carbocycles. The third kappa shape index (κ3) is 3.60. The van der Waals surface area contributed by atoms with E-state index in [9.17, 15) is 34.6 Å². The van der Waals surface area contributed by atoms with E-state index in [4.69, 9.17) is 4.42 Å². The average Bonchev–Trinajstić information content (AvgIpc) is 3.18. The first-order chi connectivity index (χ1) is 14.7. The molecule has 0 atom stereocenters. The highest BCUT2D eigenvalue weighted by Gasteiger charge is 2.40. The van der Waals surface area contributed by atoms with Gasteiger partial charge in [0, 0.05) is 19.0 Å². The van der Waals surface area contributed by atoms with E-state index >= 15 is 0 Å². The molecule has 12 heteroatoms. The molecule has 1 N–H and O–H groups in total. The van der Waals surface area contributed by atoms with E-state index in [-0.39, 0.29) is 46.9 Å². The molecule has 0 aliphatic carbocycles. The van der Waals surface area contributed by atoms with Crippen molar-refractivity contribution in [3.63, 3.8) is 0 Å². The summed E-state index contributed by atoms with van der Waals surface area (Å²) in [6.07, 6.45) is -0.378. The highest BCUT2D eigenvalue weighted by Crippen LogP contribution is 2.31. The molecule has 1 aromatic heterocycles. The zero-order valence-corrected chi connectivity index (χ0v) is 16.3. The molecule has 2 aromatic rings.